The predicted octanol–water partition coefficient (Wildman–Crippen LogP) is 4.00. The van der Waals surface area contributed by atoms with Crippen molar-refractivity contribution in [1.29, 1.82) is 0 Å². The number of amides is 2. The number of anilines is 1. The van der Waals surface area contributed by atoms with Crippen molar-refractivity contribution in [3.8, 4) is 0 Å². The first-order valence-electron chi connectivity index (χ1n) is 9.28. The predicted molar refractivity (Wildman–Crippen MR) is 119 cm³/mol. The maximum Gasteiger partial charge on any atom is 0.251 e. The summed E-state index contributed by atoms with van der Waals surface area (Å²) in [5, 5.41) is 15.2. The molecule has 0 aliphatic heterocycles. The Morgan fingerprint density at radius 3 is 2.60 bits per heavy atom. The van der Waals surface area contributed by atoms with Crippen LogP contribution >= 0.6 is 23.4 Å². The van der Waals surface area contributed by atoms with Gasteiger partial charge in [-0.3, -0.25) is 9.59 Å². The van der Waals surface area contributed by atoms with E-state index in [-0.39, 0.29) is 23.6 Å². The Balaban J connectivity index is 1.57. The van der Waals surface area contributed by atoms with E-state index in [4.69, 9.17) is 11.6 Å². The zero-order valence-corrected chi connectivity index (χ0v) is 18.4. The summed E-state index contributed by atoms with van der Waals surface area (Å²) < 4.78 is 1.78. The van der Waals surface area contributed by atoms with Gasteiger partial charge in [0.1, 0.15) is 0 Å². The minimum Gasteiger partial charge on any atom is -0.342 e. The molecule has 0 spiro atoms. The third kappa shape index (κ3) is 5.61. The molecule has 1 atom stereocenters. The Hall–Kier alpha value is -2.84. The van der Waals surface area contributed by atoms with Crippen molar-refractivity contribution < 1.29 is 9.59 Å². The largest absolute Gasteiger partial charge is 0.342 e. The lowest BCUT2D eigenvalue weighted by Gasteiger charge is -2.13. The second-order valence-corrected chi connectivity index (χ2v) is 8.19. The summed E-state index contributed by atoms with van der Waals surface area (Å²) in [7, 11) is 1.81. The zero-order chi connectivity index (χ0) is 21.7. The van der Waals surface area contributed by atoms with Crippen LogP contribution in [0.15, 0.2) is 53.7 Å². The van der Waals surface area contributed by atoms with Gasteiger partial charge in [0.15, 0.2) is 11.0 Å². The fourth-order valence-electron chi connectivity index (χ4n) is 2.77. The number of rotatable bonds is 7. The summed E-state index contributed by atoms with van der Waals surface area (Å²) in [6.45, 7) is 3.81. The Kier molecular flexibility index (Phi) is 7.12. The van der Waals surface area contributed by atoms with Gasteiger partial charge in [0, 0.05) is 23.3 Å². The van der Waals surface area contributed by atoms with Gasteiger partial charge in [0.05, 0.1) is 11.8 Å². The van der Waals surface area contributed by atoms with E-state index in [0.717, 1.165) is 5.56 Å². The molecular weight excluding hydrogens is 422 g/mol. The molecule has 2 N–H and O–H groups in total. The first kappa shape index (κ1) is 21.9. The van der Waals surface area contributed by atoms with E-state index >= 15 is 0 Å². The molecule has 2 amide bonds. The molecule has 0 unspecified atom stereocenters. The number of carbonyl (C=O) groups excluding carboxylic acids is 2. The maximum atomic E-state index is 12.4. The summed E-state index contributed by atoms with van der Waals surface area (Å²) in [5.41, 5.74) is 2.31. The van der Waals surface area contributed by atoms with Crippen LogP contribution in [-0.4, -0.2) is 32.3 Å². The van der Waals surface area contributed by atoms with Gasteiger partial charge >= 0.3 is 0 Å². The smallest absolute Gasteiger partial charge is 0.251 e. The summed E-state index contributed by atoms with van der Waals surface area (Å²) in [4.78, 5) is 24.6. The molecule has 156 valence electrons. The van der Waals surface area contributed by atoms with Gasteiger partial charge in [0.2, 0.25) is 5.91 Å². The third-order valence-corrected chi connectivity index (χ3v) is 5.61. The Labute approximate surface area is 184 Å². The maximum absolute atomic E-state index is 12.4. The van der Waals surface area contributed by atoms with Crippen molar-refractivity contribution in [1.82, 2.24) is 20.1 Å². The highest BCUT2D eigenvalue weighted by Crippen LogP contribution is 2.20. The van der Waals surface area contributed by atoms with Gasteiger partial charge in [-0.25, -0.2) is 0 Å². The average molecular weight is 444 g/mol. The number of hydrogen-bond acceptors (Lipinski definition) is 5. The van der Waals surface area contributed by atoms with Crippen LogP contribution in [-0.2, 0) is 11.8 Å². The number of nitrogens with one attached hydrogen (secondary N) is 2. The topological polar surface area (TPSA) is 88.9 Å². The lowest BCUT2D eigenvalue weighted by molar-refractivity contribution is -0.113. The van der Waals surface area contributed by atoms with Crippen LogP contribution in [0.5, 0.6) is 0 Å². The van der Waals surface area contributed by atoms with E-state index < -0.39 is 0 Å². The Bertz CT molecular complexity index is 1050. The van der Waals surface area contributed by atoms with Gasteiger partial charge in [0.25, 0.3) is 5.91 Å². The fourth-order valence-corrected chi connectivity index (χ4v) is 3.68. The molecule has 0 saturated carbocycles. The number of halogens is 1. The molecule has 0 aliphatic carbocycles. The van der Waals surface area contributed by atoms with Crippen molar-refractivity contribution in [2.24, 2.45) is 7.05 Å². The number of carbonyl (C=O) groups is 2. The van der Waals surface area contributed by atoms with Crippen LogP contribution < -0.4 is 10.6 Å². The van der Waals surface area contributed by atoms with E-state index in [1.54, 1.807) is 48.0 Å². The number of nitrogens with zero attached hydrogens (tertiary/aromatic N) is 3. The highest BCUT2D eigenvalue weighted by Gasteiger charge is 2.19. The molecular formula is C21H22ClN5O2S. The summed E-state index contributed by atoms with van der Waals surface area (Å²) in [6.07, 6.45) is 0. The molecule has 0 radical (unpaired) electrons. The molecule has 1 aromatic heterocycles. The van der Waals surface area contributed by atoms with Crippen LogP contribution in [0.2, 0.25) is 5.02 Å². The first-order valence-corrected chi connectivity index (χ1v) is 10.6. The van der Waals surface area contributed by atoms with E-state index in [1.807, 2.05) is 26.0 Å². The standard InChI is InChI=1S/C21H22ClN5O2S/c1-13-7-9-15(10-8-13)20(29)23-14(2)19-25-26-21(27(19)3)30-12-18(28)24-17-6-4-5-16(22)11-17/h4-11,14H,12H2,1-3H3,(H,23,29)(H,24,28)/t14-/m1/s1. The molecule has 0 fully saturated rings. The lowest BCUT2D eigenvalue weighted by atomic mass is 10.1. The minimum absolute atomic E-state index is 0.169. The second kappa shape index (κ2) is 9.77. The molecule has 0 saturated heterocycles. The van der Waals surface area contributed by atoms with Gasteiger partial charge in [-0.2, -0.15) is 0 Å². The molecule has 1 heterocycles. The third-order valence-electron chi connectivity index (χ3n) is 4.36. The zero-order valence-electron chi connectivity index (χ0n) is 16.8. The quantitative estimate of drug-likeness (QED) is 0.539. The Morgan fingerprint density at radius 1 is 1.17 bits per heavy atom. The number of thioether (sulfide) groups is 1. The summed E-state index contributed by atoms with van der Waals surface area (Å²) >= 11 is 7.19. The molecule has 9 heteroatoms. The molecule has 0 bridgehead atoms. The first-order chi connectivity index (χ1) is 14.3. The lowest BCUT2D eigenvalue weighted by Crippen LogP contribution is -2.28. The number of hydrogen-bond donors (Lipinski definition) is 2. The minimum atomic E-state index is -0.342. The van der Waals surface area contributed by atoms with E-state index in [2.05, 4.69) is 20.8 Å². The molecule has 7 nitrogen and oxygen atoms in total. The summed E-state index contributed by atoms with van der Waals surface area (Å²) in [5.74, 6) is 0.420. The molecule has 3 aromatic rings. The monoisotopic (exact) mass is 443 g/mol. The van der Waals surface area contributed by atoms with Gasteiger partial charge in [-0.1, -0.05) is 47.1 Å². The van der Waals surface area contributed by atoms with Gasteiger partial charge < -0.3 is 15.2 Å². The van der Waals surface area contributed by atoms with Crippen LogP contribution in [0.3, 0.4) is 0 Å². The highest BCUT2D eigenvalue weighted by molar-refractivity contribution is 7.99. The fraction of sp³-hybridized carbons (Fsp3) is 0.238. The van der Waals surface area contributed by atoms with Gasteiger partial charge in [-0.15, -0.1) is 10.2 Å². The molecule has 0 aliphatic rings. The Morgan fingerprint density at radius 2 is 1.90 bits per heavy atom. The van der Waals surface area contributed by atoms with Crippen molar-refractivity contribution in [2.45, 2.75) is 25.0 Å². The van der Waals surface area contributed by atoms with Crippen molar-refractivity contribution in [2.75, 3.05) is 11.1 Å². The van der Waals surface area contributed by atoms with Crippen molar-refractivity contribution >= 4 is 40.9 Å². The molecule has 30 heavy (non-hydrogen) atoms. The number of benzene rings is 2. The van der Waals surface area contributed by atoms with Crippen molar-refractivity contribution in [3.05, 3.63) is 70.5 Å². The van der Waals surface area contributed by atoms with Crippen LogP contribution in [0.4, 0.5) is 5.69 Å². The van der Waals surface area contributed by atoms with E-state index in [9.17, 15) is 9.59 Å². The normalized spacial score (nSPS) is 11.7. The molecule has 2 aromatic carbocycles. The van der Waals surface area contributed by atoms with Crippen LogP contribution in [0.25, 0.3) is 0 Å². The van der Waals surface area contributed by atoms with Crippen LogP contribution in [0.1, 0.15) is 34.7 Å². The molecule has 3 rings (SSSR count). The SMILES string of the molecule is Cc1ccc(C(=O)N[C@H](C)c2nnc(SCC(=O)Nc3cccc(Cl)c3)n2C)cc1. The number of aromatic nitrogens is 3. The average Bonchev–Trinajstić information content (AvgIpc) is 3.07. The van der Waals surface area contributed by atoms with Crippen molar-refractivity contribution in [3.63, 3.8) is 0 Å². The number of aryl methyl sites for hydroxylation is 1. The van der Waals surface area contributed by atoms with Crippen LogP contribution in [0, 0.1) is 6.92 Å². The van der Waals surface area contributed by atoms with E-state index in [0.29, 0.717) is 27.3 Å². The van der Waals surface area contributed by atoms with Gasteiger partial charge in [-0.05, 0) is 44.2 Å². The summed E-state index contributed by atoms with van der Waals surface area (Å²) in [6, 6.07) is 14.0. The highest BCUT2D eigenvalue weighted by atomic mass is 35.5. The van der Waals surface area contributed by atoms with E-state index in [1.165, 1.54) is 11.8 Å². The second-order valence-electron chi connectivity index (χ2n) is 6.81.